The van der Waals surface area contributed by atoms with Gasteiger partial charge in [-0.2, -0.15) is 0 Å². The van der Waals surface area contributed by atoms with Gasteiger partial charge in [-0.15, -0.1) is 0 Å². The first kappa shape index (κ1) is 55.4. The number of unbranched alkanes of at least 4 members (excludes halogenated alkanes) is 1. The average molecular weight is 1070 g/mol. The molecule has 2 aromatic rings. The first-order chi connectivity index (χ1) is 36.6. The van der Waals surface area contributed by atoms with Crippen molar-refractivity contribution in [1.29, 1.82) is 0 Å². The molecule has 0 unspecified atom stereocenters. The quantitative estimate of drug-likeness (QED) is 0.0760. The second-order valence-electron chi connectivity index (χ2n) is 23.3. The Hall–Kier alpha value is -6.32. The van der Waals surface area contributed by atoms with E-state index in [2.05, 4.69) is 33.5 Å². The summed E-state index contributed by atoms with van der Waals surface area (Å²) in [4.78, 5) is 101. The number of alkyl carbamates (subject to hydrolysis) is 1. The van der Waals surface area contributed by atoms with Crippen LogP contribution in [-0.4, -0.2) is 118 Å². The minimum atomic E-state index is -1.44. The highest BCUT2D eigenvalue weighted by Gasteiger charge is 2.76. The van der Waals surface area contributed by atoms with Gasteiger partial charge in [-0.3, -0.25) is 33.6 Å². The number of hydrogen-bond acceptors (Lipinski definition) is 14. The molecule has 1 saturated heterocycles. The first-order valence-corrected chi connectivity index (χ1v) is 26.9. The van der Waals surface area contributed by atoms with Crippen LogP contribution in [0.1, 0.15) is 121 Å². The summed E-state index contributed by atoms with van der Waals surface area (Å²) in [6.07, 6.45) is 8.98. The number of carbonyl (C=O) groups is 8. The van der Waals surface area contributed by atoms with Gasteiger partial charge in [0.25, 0.3) is 0 Å². The molecule has 7 fully saturated rings. The summed E-state index contributed by atoms with van der Waals surface area (Å²) in [7, 11) is 0. The maximum atomic E-state index is 14.0. The Bertz CT molecular complexity index is 2710. The lowest BCUT2D eigenvalue weighted by molar-refractivity contribution is -0.201. The molecule has 2 aromatic carbocycles. The number of aliphatic carboxylic acids is 1. The molecule has 414 valence electrons. The van der Waals surface area contributed by atoms with Crippen molar-refractivity contribution < 1.29 is 67.9 Å². The molecular formula is C57H72N6O14. The molecule has 10 rings (SSSR count). The number of Topliss-reactive ketones (excluding diaryl/α,β-unsaturated/α-hetero) is 1. The number of ether oxygens (including phenoxy) is 3. The van der Waals surface area contributed by atoms with Gasteiger partial charge in [0.2, 0.25) is 23.6 Å². The molecule has 8 aliphatic rings. The molecular weight excluding hydrogens is 993 g/mol. The molecule has 10 N–H and O–H groups in total. The summed E-state index contributed by atoms with van der Waals surface area (Å²) in [5, 5.41) is 44.9. The SMILES string of the molecule is CC(=O)N[C@@H](CCCCN)C(=O)NCC(=O)N[C@@H](CCC(=O)O)C(=O)Nc1ccc(COC(=O)NC23CC(Cc4ccc([C@@H]5O[C@@H]6C[C@H]7[C@@H]8CCC9=CC(=O)C=C[C@]9(C)[C@H]8[C@@H](O)C[C@]7(C)[C@]6(C(=O)CO)O5)cc4)(C2)C3)cc1. The lowest BCUT2D eigenvalue weighted by Gasteiger charge is -2.70. The Morgan fingerprint density at radius 2 is 1.61 bits per heavy atom. The lowest BCUT2D eigenvalue weighted by atomic mass is 9.38. The van der Waals surface area contributed by atoms with Gasteiger partial charge in [-0.25, -0.2) is 4.79 Å². The molecule has 1 aliphatic heterocycles. The highest BCUT2D eigenvalue weighted by Crippen LogP contribution is 2.71. The van der Waals surface area contributed by atoms with Gasteiger partial charge in [-0.1, -0.05) is 61.9 Å². The standard InChI is InChI=1S/C57H72N6O14/c1-32(65)60-41(6-4-5-21-58)49(72)59-26-46(69)62-42(17-18-47(70)71)50(73)61-37-14-9-34(10-15-37)28-75-52(74)63-56-29-55(30-56,31-56)24-33-7-11-35(12-8-33)51-76-45-23-40-39-16-13-36-22-38(66)19-20-53(36,2)48(39)43(67)25-54(40,3)57(45,77-51)44(68)27-64/h7-12,14-15,19-20,22,39-43,45,48,51,64,67H,4-6,13,16-18,21,23-31,58H2,1-3H3,(H,59,72)(H,60,65)(H,61,73)(H,62,69)(H,63,74)(H,70,71)/t39-,40-,41-,42-,43-,45+,48+,51+,53-,54-,55?,56?,57+/m0/s1. The monoisotopic (exact) mass is 1060 g/mol. The molecule has 0 spiro atoms. The van der Waals surface area contributed by atoms with Crippen LogP contribution in [0.3, 0.4) is 0 Å². The fourth-order valence-corrected chi connectivity index (χ4v) is 14.8. The number of carboxylic acid groups (broad SMARTS) is 1. The highest BCUT2D eigenvalue weighted by atomic mass is 16.7. The molecule has 5 amide bonds. The van der Waals surface area contributed by atoms with Gasteiger partial charge < -0.3 is 61.8 Å². The van der Waals surface area contributed by atoms with Crippen LogP contribution < -0.4 is 32.3 Å². The summed E-state index contributed by atoms with van der Waals surface area (Å²) >= 11 is 0. The second-order valence-corrected chi connectivity index (χ2v) is 23.3. The van der Waals surface area contributed by atoms with Crippen LogP contribution in [0.15, 0.2) is 72.3 Å². The molecule has 7 aliphatic carbocycles. The van der Waals surface area contributed by atoms with Crippen molar-refractivity contribution >= 4 is 52.9 Å². The van der Waals surface area contributed by atoms with Crippen LogP contribution in [0, 0.1) is 34.0 Å². The number of carboxylic acids is 1. The number of aliphatic hydroxyl groups excluding tert-OH is 2. The third-order valence-electron chi connectivity index (χ3n) is 18.1. The number of allylic oxidation sites excluding steroid dienone is 4. The molecule has 6 saturated carbocycles. The Morgan fingerprint density at radius 1 is 0.909 bits per heavy atom. The van der Waals surface area contributed by atoms with Crippen LogP contribution >= 0.6 is 0 Å². The predicted octanol–water partition coefficient (Wildman–Crippen LogP) is 3.72. The van der Waals surface area contributed by atoms with E-state index < -0.39 is 108 Å². The number of ketones is 2. The fraction of sp³-hybridized carbons (Fsp3) is 0.579. The summed E-state index contributed by atoms with van der Waals surface area (Å²) in [5.41, 5.74) is 6.43. The largest absolute Gasteiger partial charge is 0.481 e. The number of nitrogens with one attached hydrogen (secondary N) is 5. The van der Waals surface area contributed by atoms with Gasteiger partial charge in [0.05, 0.1) is 18.8 Å². The van der Waals surface area contributed by atoms with Gasteiger partial charge in [-0.05, 0) is 136 Å². The highest BCUT2D eigenvalue weighted by molar-refractivity contribution is 6.01. The molecule has 11 atom stereocenters. The van der Waals surface area contributed by atoms with E-state index in [0.717, 1.165) is 55.2 Å². The smallest absolute Gasteiger partial charge is 0.407 e. The van der Waals surface area contributed by atoms with Crippen LogP contribution in [0.5, 0.6) is 0 Å². The Balaban J connectivity index is 0.723. The number of carbonyl (C=O) groups excluding carboxylic acids is 7. The summed E-state index contributed by atoms with van der Waals surface area (Å²) in [6.45, 7) is 4.56. The zero-order valence-corrected chi connectivity index (χ0v) is 43.9. The molecule has 1 heterocycles. The third kappa shape index (κ3) is 10.8. The molecule has 20 nitrogen and oxygen atoms in total. The zero-order chi connectivity index (χ0) is 55.1. The minimum absolute atomic E-state index is 0.00344. The normalized spacial score (nSPS) is 32.7. The predicted molar refractivity (Wildman–Crippen MR) is 277 cm³/mol. The number of fused-ring (bicyclic) bond motifs is 7. The molecule has 2 bridgehead atoms. The lowest BCUT2D eigenvalue weighted by Crippen LogP contribution is -2.75. The van der Waals surface area contributed by atoms with E-state index in [1.165, 1.54) is 6.92 Å². The van der Waals surface area contributed by atoms with Crippen LogP contribution in [0.25, 0.3) is 0 Å². The number of amides is 5. The topological polar surface area (TPSA) is 311 Å². The van der Waals surface area contributed by atoms with E-state index in [4.69, 9.17) is 19.9 Å². The van der Waals surface area contributed by atoms with E-state index in [1.54, 1.807) is 36.4 Å². The number of nitrogens with two attached hydrogens (primary N) is 1. The molecule has 0 radical (unpaired) electrons. The van der Waals surface area contributed by atoms with Crippen molar-refractivity contribution in [3.8, 4) is 0 Å². The fourth-order valence-electron chi connectivity index (χ4n) is 14.8. The third-order valence-corrected chi connectivity index (χ3v) is 18.1. The molecule has 20 heteroatoms. The van der Waals surface area contributed by atoms with Crippen molar-refractivity contribution in [3.05, 3.63) is 89.0 Å². The average Bonchev–Trinajstić information content (AvgIpc) is 4.15. The maximum Gasteiger partial charge on any atom is 0.407 e. The minimum Gasteiger partial charge on any atom is -0.481 e. The van der Waals surface area contributed by atoms with Crippen molar-refractivity contribution in [2.24, 2.45) is 39.7 Å². The van der Waals surface area contributed by atoms with E-state index in [1.807, 2.05) is 37.3 Å². The van der Waals surface area contributed by atoms with Crippen LogP contribution in [-0.2, 0) is 60.8 Å². The second kappa shape index (κ2) is 21.8. The summed E-state index contributed by atoms with van der Waals surface area (Å²) in [5.74, 6) is -4.13. The zero-order valence-electron chi connectivity index (χ0n) is 43.9. The Kier molecular flexibility index (Phi) is 15.7. The first-order valence-electron chi connectivity index (χ1n) is 26.9. The van der Waals surface area contributed by atoms with Crippen LogP contribution in [0.2, 0.25) is 0 Å². The van der Waals surface area contributed by atoms with Crippen molar-refractivity contribution in [1.82, 2.24) is 21.3 Å². The van der Waals surface area contributed by atoms with Gasteiger partial charge in [0.1, 0.15) is 25.3 Å². The summed E-state index contributed by atoms with van der Waals surface area (Å²) in [6, 6.07) is 12.3. The summed E-state index contributed by atoms with van der Waals surface area (Å²) < 4.78 is 19.0. The Morgan fingerprint density at radius 3 is 2.29 bits per heavy atom. The van der Waals surface area contributed by atoms with Crippen LogP contribution in [0.4, 0.5) is 10.5 Å². The number of aliphatic hydroxyl groups is 2. The number of rotatable bonds is 22. The maximum absolute atomic E-state index is 14.0. The van der Waals surface area contributed by atoms with E-state index in [0.29, 0.717) is 49.9 Å². The van der Waals surface area contributed by atoms with Crippen molar-refractivity contribution in [3.63, 3.8) is 0 Å². The number of anilines is 1. The van der Waals surface area contributed by atoms with E-state index >= 15 is 0 Å². The van der Waals surface area contributed by atoms with Crippen molar-refractivity contribution in [2.45, 2.75) is 153 Å². The van der Waals surface area contributed by atoms with E-state index in [-0.39, 0.29) is 47.5 Å². The van der Waals surface area contributed by atoms with Crippen molar-refractivity contribution in [2.75, 3.05) is 25.0 Å². The van der Waals surface area contributed by atoms with Gasteiger partial charge >= 0.3 is 12.1 Å². The number of benzene rings is 2. The number of hydrogen-bond donors (Lipinski definition) is 9. The van der Waals surface area contributed by atoms with E-state index in [9.17, 15) is 53.7 Å². The Labute approximate surface area is 447 Å². The molecule has 0 aromatic heterocycles. The van der Waals surface area contributed by atoms with Gasteiger partial charge in [0, 0.05) is 46.9 Å². The van der Waals surface area contributed by atoms with Gasteiger partial charge in [0.15, 0.2) is 23.5 Å². The molecule has 77 heavy (non-hydrogen) atoms.